The molecule has 0 radical (unpaired) electrons. The van der Waals surface area contributed by atoms with Gasteiger partial charge in [-0.25, -0.2) is 4.79 Å². The lowest BCUT2D eigenvalue weighted by Crippen LogP contribution is -2.42. The van der Waals surface area contributed by atoms with Gasteiger partial charge >= 0.3 is 6.09 Å². The Labute approximate surface area is 172 Å². The molecule has 1 unspecified atom stereocenters. The van der Waals surface area contributed by atoms with Crippen LogP contribution in [0.25, 0.3) is 0 Å². The minimum atomic E-state index is -0.496. The lowest BCUT2D eigenvalue weighted by atomic mass is 10.1. The quantitative estimate of drug-likeness (QED) is 0.561. The number of fused-ring (bicyclic) bond motifs is 1. The van der Waals surface area contributed by atoms with E-state index in [0.717, 1.165) is 38.8 Å². The minimum absolute atomic E-state index is 0.189. The molecule has 3 amide bonds. The van der Waals surface area contributed by atoms with Crippen LogP contribution in [-0.4, -0.2) is 65.5 Å². The summed E-state index contributed by atoms with van der Waals surface area (Å²) in [5, 5.41) is 2.87. The third-order valence-corrected chi connectivity index (χ3v) is 5.34. The maximum absolute atomic E-state index is 12.4. The fourth-order valence-electron chi connectivity index (χ4n) is 3.96. The molecule has 0 aliphatic carbocycles. The molecule has 2 aliphatic rings. The van der Waals surface area contributed by atoms with Crippen LogP contribution in [-0.2, 0) is 4.74 Å². The number of hydrogen-bond acceptors (Lipinski definition) is 5. The summed E-state index contributed by atoms with van der Waals surface area (Å²) in [6.45, 7) is 8.47. The highest BCUT2D eigenvalue weighted by Gasteiger charge is 2.34. The number of amides is 3. The summed E-state index contributed by atoms with van der Waals surface area (Å²) in [7, 11) is 0. The van der Waals surface area contributed by atoms with Crippen LogP contribution in [0.2, 0.25) is 0 Å². The molecular weight excluding hydrogens is 370 g/mol. The molecule has 3 rings (SSSR count). The van der Waals surface area contributed by atoms with Crippen LogP contribution in [0.3, 0.4) is 0 Å². The van der Waals surface area contributed by atoms with Crippen LogP contribution in [0.5, 0.6) is 0 Å². The number of likely N-dealkylation sites (tertiary alicyclic amines) is 1. The number of nitrogens with zero attached hydrogens (tertiary/aromatic N) is 2. The van der Waals surface area contributed by atoms with E-state index in [1.807, 2.05) is 20.8 Å². The number of benzene rings is 1. The third kappa shape index (κ3) is 5.35. The Morgan fingerprint density at radius 1 is 1.10 bits per heavy atom. The van der Waals surface area contributed by atoms with Crippen LogP contribution >= 0.6 is 0 Å². The molecule has 1 N–H and O–H groups in total. The standard InChI is InChI=1S/C22H31N3O4/c1-22(2,3)29-21(28)23-15-16-9-8-13-24(16)12-6-7-14-25-19(26)17-10-4-5-11-18(17)20(25)27/h4-5,10-11,16H,6-9,12-15H2,1-3H3,(H,23,28). The number of carbonyl (C=O) groups is 3. The molecule has 7 heteroatoms. The zero-order valence-electron chi connectivity index (χ0n) is 17.6. The molecule has 0 spiro atoms. The zero-order chi connectivity index (χ0) is 21.0. The highest BCUT2D eigenvalue weighted by atomic mass is 16.6. The van der Waals surface area contributed by atoms with E-state index in [0.29, 0.717) is 30.3 Å². The van der Waals surface area contributed by atoms with Crippen molar-refractivity contribution in [2.24, 2.45) is 0 Å². The summed E-state index contributed by atoms with van der Waals surface area (Å²) >= 11 is 0. The minimum Gasteiger partial charge on any atom is -0.444 e. The lowest BCUT2D eigenvalue weighted by molar-refractivity contribution is 0.0513. The summed E-state index contributed by atoms with van der Waals surface area (Å²) < 4.78 is 5.30. The van der Waals surface area contributed by atoms with Crippen molar-refractivity contribution in [2.45, 2.75) is 58.1 Å². The van der Waals surface area contributed by atoms with Gasteiger partial charge in [0.05, 0.1) is 11.1 Å². The van der Waals surface area contributed by atoms with Crippen molar-refractivity contribution in [1.29, 1.82) is 0 Å². The van der Waals surface area contributed by atoms with Gasteiger partial charge in [-0.05, 0) is 71.7 Å². The number of alkyl carbamates (subject to hydrolysis) is 1. The summed E-state index contributed by atoms with van der Waals surface area (Å²) in [4.78, 5) is 40.4. The highest BCUT2D eigenvalue weighted by molar-refractivity contribution is 6.21. The van der Waals surface area contributed by atoms with Gasteiger partial charge in [-0.1, -0.05) is 12.1 Å². The van der Waals surface area contributed by atoms with Gasteiger partial charge in [0.25, 0.3) is 11.8 Å². The highest BCUT2D eigenvalue weighted by Crippen LogP contribution is 2.23. The molecule has 1 saturated heterocycles. The number of nitrogens with one attached hydrogen (secondary N) is 1. The van der Waals surface area contributed by atoms with E-state index in [2.05, 4.69) is 10.2 Å². The molecule has 0 bridgehead atoms. The molecule has 0 saturated carbocycles. The van der Waals surface area contributed by atoms with E-state index in [9.17, 15) is 14.4 Å². The predicted octanol–water partition coefficient (Wildman–Crippen LogP) is 3.05. The fourth-order valence-corrected chi connectivity index (χ4v) is 3.96. The summed E-state index contributed by atoms with van der Waals surface area (Å²) in [5.41, 5.74) is 0.513. The smallest absolute Gasteiger partial charge is 0.407 e. The van der Waals surface area contributed by atoms with E-state index in [1.54, 1.807) is 24.3 Å². The molecule has 1 aromatic rings. The first-order chi connectivity index (χ1) is 13.8. The number of imide groups is 1. The molecule has 158 valence electrons. The number of rotatable bonds is 7. The topological polar surface area (TPSA) is 79.0 Å². The molecular formula is C22H31N3O4. The average Bonchev–Trinajstić information content (AvgIpc) is 3.20. The molecule has 29 heavy (non-hydrogen) atoms. The van der Waals surface area contributed by atoms with Gasteiger partial charge in [-0.15, -0.1) is 0 Å². The molecule has 1 fully saturated rings. The van der Waals surface area contributed by atoms with Gasteiger partial charge in [-0.2, -0.15) is 0 Å². The normalized spacial score (nSPS) is 19.6. The Morgan fingerprint density at radius 2 is 1.72 bits per heavy atom. The van der Waals surface area contributed by atoms with E-state index >= 15 is 0 Å². The second-order valence-electron chi connectivity index (χ2n) is 8.73. The average molecular weight is 402 g/mol. The number of ether oxygens (including phenoxy) is 1. The second-order valence-corrected chi connectivity index (χ2v) is 8.73. The molecule has 2 aliphatic heterocycles. The van der Waals surface area contributed by atoms with Crippen LogP contribution < -0.4 is 5.32 Å². The van der Waals surface area contributed by atoms with Crippen LogP contribution in [0, 0.1) is 0 Å². The Balaban J connectivity index is 1.40. The zero-order valence-corrected chi connectivity index (χ0v) is 17.6. The number of hydrogen-bond donors (Lipinski definition) is 1. The first-order valence-corrected chi connectivity index (χ1v) is 10.4. The molecule has 2 heterocycles. The Kier molecular flexibility index (Phi) is 6.57. The Hall–Kier alpha value is -2.41. The van der Waals surface area contributed by atoms with Crippen molar-refractivity contribution in [2.75, 3.05) is 26.2 Å². The van der Waals surface area contributed by atoms with Crippen molar-refractivity contribution in [3.05, 3.63) is 35.4 Å². The number of unbranched alkanes of at least 4 members (excludes halogenated alkanes) is 1. The summed E-state index contributed by atoms with van der Waals surface area (Å²) in [6.07, 6.45) is 3.45. The Bertz CT molecular complexity index is 737. The SMILES string of the molecule is CC(C)(C)OC(=O)NCC1CCCN1CCCCN1C(=O)c2ccccc2C1=O. The van der Waals surface area contributed by atoms with Gasteiger partial charge < -0.3 is 10.1 Å². The van der Waals surface area contributed by atoms with Crippen LogP contribution in [0.1, 0.15) is 67.2 Å². The fraction of sp³-hybridized carbons (Fsp3) is 0.591. The monoisotopic (exact) mass is 401 g/mol. The van der Waals surface area contributed by atoms with E-state index in [1.165, 1.54) is 4.90 Å². The van der Waals surface area contributed by atoms with Crippen LogP contribution in [0.15, 0.2) is 24.3 Å². The van der Waals surface area contributed by atoms with Gasteiger partial charge in [-0.3, -0.25) is 19.4 Å². The molecule has 1 atom stereocenters. The first-order valence-electron chi connectivity index (χ1n) is 10.4. The van der Waals surface area contributed by atoms with Crippen molar-refractivity contribution in [1.82, 2.24) is 15.1 Å². The van der Waals surface area contributed by atoms with Gasteiger partial charge in [0.2, 0.25) is 0 Å². The van der Waals surface area contributed by atoms with Crippen molar-refractivity contribution < 1.29 is 19.1 Å². The molecule has 0 aromatic heterocycles. The van der Waals surface area contributed by atoms with Gasteiger partial charge in [0, 0.05) is 19.1 Å². The Morgan fingerprint density at radius 3 is 2.34 bits per heavy atom. The van der Waals surface area contributed by atoms with Crippen molar-refractivity contribution in [3.63, 3.8) is 0 Å². The van der Waals surface area contributed by atoms with Gasteiger partial charge in [0.1, 0.15) is 5.60 Å². The first kappa shape index (κ1) is 21.3. The number of carbonyl (C=O) groups excluding carboxylic acids is 3. The summed E-state index contributed by atoms with van der Waals surface area (Å²) in [6, 6.07) is 7.30. The predicted molar refractivity (Wildman–Crippen MR) is 110 cm³/mol. The van der Waals surface area contributed by atoms with Gasteiger partial charge in [0.15, 0.2) is 0 Å². The molecule has 1 aromatic carbocycles. The third-order valence-electron chi connectivity index (χ3n) is 5.34. The molecule has 7 nitrogen and oxygen atoms in total. The van der Waals surface area contributed by atoms with Crippen molar-refractivity contribution >= 4 is 17.9 Å². The van der Waals surface area contributed by atoms with E-state index < -0.39 is 5.60 Å². The summed E-state index contributed by atoms with van der Waals surface area (Å²) in [5.74, 6) is -0.377. The van der Waals surface area contributed by atoms with E-state index in [4.69, 9.17) is 4.74 Å². The maximum atomic E-state index is 12.4. The lowest BCUT2D eigenvalue weighted by Gasteiger charge is -2.26. The van der Waals surface area contributed by atoms with Crippen molar-refractivity contribution in [3.8, 4) is 0 Å². The van der Waals surface area contributed by atoms with Crippen LogP contribution in [0.4, 0.5) is 4.79 Å². The van der Waals surface area contributed by atoms with E-state index in [-0.39, 0.29) is 17.9 Å². The largest absolute Gasteiger partial charge is 0.444 e. The maximum Gasteiger partial charge on any atom is 0.407 e. The second kappa shape index (κ2) is 8.95.